The van der Waals surface area contributed by atoms with Gasteiger partial charge in [-0.3, -0.25) is 9.59 Å². The molecular weight excluding hydrogens is 380 g/mol. The number of hydrogen-bond donors (Lipinski definition) is 2. The van der Waals surface area contributed by atoms with Crippen LogP contribution >= 0.6 is 0 Å². The van der Waals surface area contributed by atoms with Crippen LogP contribution in [0.4, 0.5) is 0 Å². The number of carbonyl (C=O) groups excluding carboxylic acids is 2. The molecule has 1 fully saturated rings. The fourth-order valence-corrected chi connectivity index (χ4v) is 4.14. The number of ether oxygens (including phenoxy) is 1. The van der Waals surface area contributed by atoms with E-state index in [0.29, 0.717) is 0 Å². The van der Waals surface area contributed by atoms with Gasteiger partial charge in [0, 0.05) is 24.5 Å². The van der Waals surface area contributed by atoms with Crippen LogP contribution in [-0.2, 0) is 4.74 Å². The zero-order chi connectivity index (χ0) is 22.3. The summed E-state index contributed by atoms with van der Waals surface area (Å²) < 4.78 is 6.01. The summed E-state index contributed by atoms with van der Waals surface area (Å²) >= 11 is 0. The van der Waals surface area contributed by atoms with Crippen molar-refractivity contribution >= 4 is 11.6 Å². The summed E-state index contributed by atoms with van der Waals surface area (Å²) in [5.41, 5.74) is 0.773. The van der Waals surface area contributed by atoms with Crippen molar-refractivity contribution in [3.05, 3.63) is 58.2 Å². The van der Waals surface area contributed by atoms with Crippen LogP contribution < -0.4 is 0 Å². The third-order valence-electron chi connectivity index (χ3n) is 5.89. The van der Waals surface area contributed by atoms with Gasteiger partial charge < -0.3 is 14.9 Å². The first-order valence-corrected chi connectivity index (χ1v) is 10.3. The molecule has 0 unspecified atom stereocenters. The van der Waals surface area contributed by atoms with Gasteiger partial charge in [0.1, 0.15) is 11.5 Å². The third-order valence-corrected chi connectivity index (χ3v) is 5.89. The minimum Gasteiger partial charge on any atom is -0.508 e. The Morgan fingerprint density at radius 3 is 2.13 bits per heavy atom. The van der Waals surface area contributed by atoms with Crippen LogP contribution in [0.15, 0.2) is 47.1 Å². The summed E-state index contributed by atoms with van der Waals surface area (Å²) in [5, 5.41) is 20.1. The van der Waals surface area contributed by atoms with Crippen molar-refractivity contribution in [1.29, 1.82) is 0 Å². The van der Waals surface area contributed by atoms with Crippen molar-refractivity contribution < 1.29 is 24.5 Å². The number of ketones is 2. The molecule has 0 amide bonds. The predicted molar refractivity (Wildman–Crippen MR) is 116 cm³/mol. The molecular formula is C25H30O5. The number of aromatic hydroxyl groups is 2. The molecule has 1 aliphatic carbocycles. The highest BCUT2D eigenvalue weighted by Crippen LogP contribution is 2.61. The largest absolute Gasteiger partial charge is 0.508 e. The number of benzene rings is 1. The molecule has 0 radical (unpaired) electrons. The van der Waals surface area contributed by atoms with E-state index in [-0.39, 0.29) is 35.5 Å². The number of epoxide rings is 1. The number of hydrogen-bond acceptors (Lipinski definition) is 5. The molecule has 0 saturated carbocycles. The van der Waals surface area contributed by atoms with Crippen LogP contribution in [0.25, 0.3) is 0 Å². The van der Waals surface area contributed by atoms with Crippen LogP contribution in [0.5, 0.6) is 11.5 Å². The van der Waals surface area contributed by atoms with E-state index in [1.54, 1.807) is 0 Å². The van der Waals surface area contributed by atoms with Crippen molar-refractivity contribution in [3.63, 3.8) is 0 Å². The first kappa shape index (κ1) is 22.0. The molecule has 5 heteroatoms. The Morgan fingerprint density at radius 1 is 0.900 bits per heavy atom. The molecule has 1 saturated heterocycles. The van der Waals surface area contributed by atoms with Gasteiger partial charge in [0.25, 0.3) is 0 Å². The van der Waals surface area contributed by atoms with Gasteiger partial charge in [0.2, 0.25) is 5.78 Å². The maximum Gasteiger partial charge on any atom is 0.202 e. The minimum absolute atomic E-state index is 0.0263. The van der Waals surface area contributed by atoms with Gasteiger partial charge in [-0.15, -0.1) is 0 Å². The molecule has 5 nitrogen and oxygen atoms in total. The Morgan fingerprint density at radius 2 is 1.50 bits per heavy atom. The Hall–Kier alpha value is -2.66. The predicted octanol–water partition coefficient (Wildman–Crippen LogP) is 5.42. The molecule has 2 aliphatic rings. The average molecular weight is 411 g/mol. The third kappa shape index (κ3) is 3.63. The fraction of sp³-hybridized carbons (Fsp3) is 0.440. The average Bonchev–Trinajstić information content (AvgIpc) is 3.33. The monoisotopic (exact) mass is 410 g/mol. The second-order valence-electron chi connectivity index (χ2n) is 8.86. The maximum absolute atomic E-state index is 13.4. The maximum atomic E-state index is 13.4. The molecule has 1 aromatic carbocycles. The molecule has 30 heavy (non-hydrogen) atoms. The summed E-state index contributed by atoms with van der Waals surface area (Å²) in [7, 11) is 0. The van der Waals surface area contributed by atoms with Gasteiger partial charge in [0.05, 0.1) is 5.56 Å². The lowest BCUT2D eigenvalue weighted by atomic mass is 9.70. The molecule has 1 heterocycles. The molecule has 0 aromatic heterocycles. The van der Waals surface area contributed by atoms with Gasteiger partial charge in [-0.1, -0.05) is 34.9 Å². The lowest BCUT2D eigenvalue weighted by Gasteiger charge is -2.25. The number of phenols is 2. The highest BCUT2D eigenvalue weighted by atomic mass is 16.6. The van der Waals surface area contributed by atoms with Crippen LogP contribution in [-0.4, -0.2) is 33.0 Å². The van der Waals surface area contributed by atoms with Crippen molar-refractivity contribution in [2.45, 2.75) is 71.5 Å². The van der Waals surface area contributed by atoms with E-state index < -0.39 is 22.7 Å². The highest BCUT2D eigenvalue weighted by molar-refractivity contribution is 6.26. The first-order chi connectivity index (χ1) is 14.0. The molecule has 2 N–H and O–H groups in total. The lowest BCUT2D eigenvalue weighted by molar-refractivity contribution is 0.0837. The molecule has 1 aliphatic heterocycles. The summed E-state index contributed by atoms with van der Waals surface area (Å²) in [4.78, 5) is 26.8. The standard InChI is InChI=1S/C25H30O5/c1-15(2)7-6-8-17(5)10-12-24-22(28)19-13-18(26)14-20(27)21(19)23(29)25(24,30-24)11-9-16(3)4/h7,9-10,13-14,26-27H,6,8,11-12H2,1-5H3/b17-10+/t24-,25+/m1/s1. The fourth-order valence-electron chi connectivity index (χ4n) is 4.14. The van der Waals surface area contributed by atoms with E-state index in [4.69, 9.17) is 4.74 Å². The summed E-state index contributed by atoms with van der Waals surface area (Å²) in [6, 6.07) is 2.33. The lowest BCUT2D eigenvalue weighted by Crippen LogP contribution is -2.44. The quantitative estimate of drug-likeness (QED) is 0.463. The van der Waals surface area contributed by atoms with Crippen molar-refractivity contribution in [1.82, 2.24) is 0 Å². The summed E-state index contributed by atoms with van der Waals surface area (Å²) in [6.07, 6.45) is 8.36. The molecule has 1 aromatic rings. The number of allylic oxidation sites excluding steroid dienone is 4. The molecule has 3 rings (SSSR count). The SMILES string of the molecule is CC(C)=CCC/C(C)=C/C[C@]12O[C@@]1(CC=C(C)C)C(=O)c1c(O)cc(O)cc1C2=O. The van der Waals surface area contributed by atoms with E-state index in [0.717, 1.165) is 30.1 Å². The van der Waals surface area contributed by atoms with E-state index in [1.807, 2.05) is 32.9 Å². The van der Waals surface area contributed by atoms with E-state index in [1.165, 1.54) is 11.6 Å². The number of fused-ring (bicyclic) bond motifs is 2. The van der Waals surface area contributed by atoms with Gasteiger partial charge in [0.15, 0.2) is 17.0 Å². The Kier molecular flexibility index (Phi) is 5.79. The first-order valence-electron chi connectivity index (χ1n) is 10.3. The summed E-state index contributed by atoms with van der Waals surface area (Å²) in [5.74, 6) is -1.41. The van der Waals surface area contributed by atoms with Crippen molar-refractivity contribution in [2.24, 2.45) is 0 Å². The van der Waals surface area contributed by atoms with Crippen LogP contribution in [0.1, 0.15) is 81.0 Å². The number of Topliss-reactive ketones (excluding diaryl/α,β-unsaturated/α-hetero) is 2. The molecule has 0 bridgehead atoms. The molecule has 0 spiro atoms. The Balaban J connectivity index is 1.99. The zero-order valence-electron chi connectivity index (χ0n) is 18.3. The number of carbonyl (C=O) groups is 2. The van der Waals surface area contributed by atoms with E-state index >= 15 is 0 Å². The van der Waals surface area contributed by atoms with Gasteiger partial charge in [-0.25, -0.2) is 0 Å². The Labute approximate surface area is 177 Å². The summed E-state index contributed by atoms with van der Waals surface area (Å²) in [6.45, 7) is 9.97. The Bertz CT molecular complexity index is 989. The highest BCUT2D eigenvalue weighted by Gasteiger charge is 2.79. The van der Waals surface area contributed by atoms with E-state index in [9.17, 15) is 19.8 Å². The second kappa shape index (κ2) is 7.88. The zero-order valence-corrected chi connectivity index (χ0v) is 18.3. The number of phenolic OH excluding ortho intramolecular Hbond substituents is 2. The smallest absolute Gasteiger partial charge is 0.202 e. The van der Waals surface area contributed by atoms with Crippen LogP contribution in [0.3, 0.4) is 0 Å². The molecule has 160 valence electrons. The second-order valence-corrected chi connectivity index (χ2v) is 8.86. The minimum atomic E-state index is -1.31. The van der Waals surface area contributed by atoms with E-state index in [2.05, 4.69) is 19.9 Å². The van der Waals surface area contributed by atoms with Crippen LogP contribution in [0.2, 0.25) is 0 Å². The van der Waals surface area contributed by atoms with Gasteiger partial charge >= 0.3 is 0 Å². The van der Waals surface area contributed by atoms with Crippen molar-refractivity contribution in [2.75, 3.05) is 0 Å². The van der Waals surface area contributed by atoms with Gasteiger partial charge in [-0.05, 0) is 53.5 Å². The molecule has 2 atom stereocenters. The normalized spacial score (nSPS) is 24.8. The topological polar surface area (TPSA) is 87.1 Å². The van der Waals surface area contributed by atoms with Crippen molar-refractivity contribution in [3.8, 4) is 11.5 Å². The van der Waals surface area contributed by atoms with Gasteiger partial charge in [-0.2, -0.15) is 0 Å². The number of rotatable bonds is 7. The van der Waals surface area contributed by atoms with Crippen LogP contribution in [0, 0.1) is 0 Å².